The molecule has 3 aromatic heterocycles. The lowest BCUT2D eigenvalue weighted by molar-refractivity contribution is 0.0520. The first-order chi connectivity index (χ1) is 11.2. The number of ether oxygens (including phenoxy) is 1. The molecule has 1 saturated carbocycles. The summed E-state index contributed by atoms with van der Waals surface area (Å²) in [6.45, 7) is 2.70. The van der Waals surface area contributed by atoms with Crippen LogP contribution in [0.25, 0.3) is 5.65 Å². The Balaban J connectivity index is 1.54. The largest absolute Gasteiger partial charge is 0.461 e. The average molecular weight is 310 g/mol. The van der Waals surface area contributed by atoms with Gasteiger partial charge in [-0.15, -0.1) is 0 Å². The summed E-state index contributed by atoms with van der Waals surface area (Å²) in [6.07, 6.45) is 10.1. The van der Waals surface area contributed by atoms with Crippen LogP contribution >= 0.6 is 0 Å². The lowest BCUT2D eigenvalue weighted by Crippen LogP contribution is -2.05. The maximum Gasteiger partial charge on any atom is 0.358 e. The second-order valence-electron chi connectivity index (χ2n) is 5.89. The van der Waals surface area contributed by atoms with Gasteiger partial charge in [0.05, 0.1) is 25.2 Å². The molecule has 1 fully saturated rings. The van der Waals surface area contributed by atoms with E-state index in [9.17, 15) is 4.79 Å². The van der Waals surface area contributed by atoms with Gasteiger partial charge in [0.15, 0.2) is 5.69 Å². The van der Waals surface area contributed by atoms with Crippen LogP contribution in [0.1, 0.15) is 47.4 Å². The van der Waals surface area contributed by atoms with Gasteiger partial charge in [0.25, 0.3) is 0 Å². The second-order valence-corrected chi connectivity index (χ2v) is 5.89. The highest BCUT2D eigenvalue weighted by Crippen LogP contribution is 2.39. The van der Waals surface area contributed by atoms with Crippen molar-refractivity contribution < 1.29 is 9.53 Å². The Bertz CT molecular complexity index is 860. The number of imidazole rings is 2. The molecule has 0 amide bonds. The van der Waals surface area contributed by atoms with Crippen molar-refractivity contribution in [3.8, 4) is 0 Å². The molecular weight excluding hydrogens is 292 g/mol. The fourth-order valence-electron chi connectivity index (χ4n) is 2.74. The number of rotatable bonds is 5. The third-order valence-electron chi connectivity index (χ3n) is 4.03. The molecule has 0 spiro atoms. The van der Waals surface area contributed by atoms with Crippen LogP contribution in [-0.4, -0.2) is 31.5 Å². The molecular formula is C17H18N4O2. The normalized spacial score (nSPS) is 14.3. The van der Waals surface area contributed by atoms with E-state index in [4.69, 9.17) is 4.74 Å². The molecule has 1 aliphatic carbocycles. The first-order valence-corrected chi connectivity index (χ1v) is 7.89. The molecule has 0 aliphatic heterocycles. The molecule has 0 atom stereocenters. The fraction of sp³-hybridized carbons (Fsp3) is 0.353. The summed E-state index contributed by atoms with van der Waals surface area (Å²) in [5.41, 5.74) is 3.58. The summed E-state index contributed by atoms with van der Waals surface area (Å²) >= 11 is 0. The van der Waals surface area contributed by atoms with E-state index in [1.54, 1.807) is 19.4 Å². The standard InChI is InChI=1S/C17H18N4O2/c1-2-23-17(22)15-10-20(11-18-15)8-14-9-21-7-13(12-3-4-12)5-6-16(21)19-14/h5-7,9-12H,2-4,8H2,1H3. The number of carbonyl (C=O) groups is 1. The summed E-state index contributed by atoms with van der Waals surface area (Å²) in [5.74, 6) is 0.335. The Hall–Kier alpha value is -2.63. The van der Waals surface area contributed by atoms with Crippen LogP contribution in [0.4, 0.5) is 0 Å². The van der Waals surface area contributed by atoms with E-state index in [1.807, 2.05) is 10.8 Å². The van der Waals surface area contributed by atoms with Gasteiger partial charge >= 0.3 is 5.97 Å². The van der Waals surface area contributed by atoms with E-state index in [0.717, 1.165) is 17.3 Å². The summed E-state index contributed by atoms with van der Waals surface area (Å²) in [6, 6.07) is 4.23. The molecule has 23 heavy (non-hydrogen) atoms. The van der Waals surface area contributed by atoms with Gasteiger partial charge in [-0.2, -0.15) is 0 Å². The number of pyridine rings is 1. The predicted molar refractivity (Wildman–Crippen MR) is 84.5 cm³/mol. The lowest BCUT2D eigenvalue weighted by Gasteiger charge is -1.98. The molecule has 118 valence electrons. The van der Waals surface area contributed by atoms with Gasteiger partial charge in [0.1, 0.15) is 5.65 Å². The molecule has 0 bridgehead atoms. The molecule has 0 aromatic carbocycles. The highest BCUT2D eigenvalue weighted by atomic mass is 16.5. The van der Waals surface area contributed by atoms with Gasteiger partial charge in [-0.25, -0.2) is 14.8 Å². The molecule has 0 unspecified atom stereocenters. The number of esters is 1. The van der Waals surface area contributed by atoms with E-state index in [2.05, 4.69) is 32.7 Å². The summed E-state index contributed by atoms with van der Waals surface area (Å²) in [7, 11) is 0. The van der Waals surface area contributed by atoms with Crippen LogP contribution < -0.4 is 0 Å². The van der Waals surface area contributed by atoms with Crippen molar-refractivity contribution in [1.82, 2.24) is 18.9 Å². The van der Waals surface area contributed by atoms with Crippen LogP contribution in [-0.2, 0) is 11.3 Å². The molecule has 1 aliphatic rings. The van der Waals surface area contributed by atoms with Crippen LogP contribution in [0.5, 0.6) is 0 Å². The van der Waals surface area contributed by atoms with Crippen molar-refractivity contribution >= 4 is 11.6 Å². The maximum absolute atomic E-state index is 11.6. The Morgan fingerprint density at radius 3 is 2.96 bits per heavy atom. The van der Waals surface area contributed by atoms with Gasteiger partial charge < -0.3 is 13.7 Å². The van der Waals surface area contributed by atoms with Crippen molar-refractivity contribution in [2.24, 2.45) is 0 Å². The van der Waals surface area contributed by atoms with Crippen LogP contribution in [0, 0.1) is 0 Å². The van der Waals surface area contributed by atoms with Crippen LogP contribution in [0.2, 0.25) is 0 Å². The van der Waals surface area contributed by atoms with Crippen molar-refractivity contribution in [3.63, 3.8) is 0 Å². The second kappa shape index (κ2) is 5.53. The SMILES string of the molecule is CCOC(=O)c1cn(Cc2cn3cc(C4CC4)ccc3n2)cn1. The smallest absolute Gasteiger partial charge is 0.358 e. The first kappa shape index (κ1) is 14.0. The molecule has 0 saturated heterocycles. The molecule has 6 nitrogen and oxygen atoms in total. The molecule has 0 radical (unpaired) electrons. The van der Waals surface area contributed by atoms with Crippen LogP contribution in [0.3, 0.4) is 0 Å². The Morgan fingerprint density at radius 1 is 1.30 bits per heavy atom. The zero-order valence-electron chi connectivity index (χ0n) is 13.0. The Labute approximate surface area is 133 Å². The minimum Gasteiger partial charge on any atom is -0.461 e. The van der Waals surface area contributed by atoms with E-state index >= 15 is 0 Å². The van der Waals surface area contributed by atoms with E-state index in [-0.39, 0.29) is 0 Å². The zero-order chi connectivity index (χ0) is 15.8. The number of hydrogen-bond donors (Lipinski definition) is 0. The number of carbonyl (C=O) groups excluding carboxylic acids is 1. The van der Waals surface area contributed by atoms with Crippen LogP contribution in [0.15, 0.2) is 37.1 Å². The van der Waals surface area contributed by atoms with Crippen molar-refractivity contribution in [2.75, 3.05) is 6.61 Å². The van der Waals surface area contributed by atoms with Gasteiger partial charge in [0, 0.05) is 18.6 Å². The maximum atomic E-state index is 11.6. The van der Waals surface area contributed by atoms with E-state index < -0.39 is 5.97 Å². The minimum absolute atomic E-state index is 0.326. The van der Waals surface area contributed by atoms with Gasteiger partial charge in [0.2, 0.25) is 0 Å². The number of aromatic nitrogens is 4. The highest BCUT2D eigenvalue weighted by molar-refractivity contribution is 5.86. The molecule has 3 heterocycles. The quantitative estimate of drug-likeness (QED) is 0.680. The van der Waals surface area contributed by atoms with Gasteiger partial charge in [-0.1, -0.05) is 6.07 Å². The molecule has 4 rings (SSSR count). The van der Waals surface area contributed by atoms with Crippen molar-refractivity contribution in [3.05, 3.63) is 54.0 Å². The fourth-order valence-corrected chi connectivity index (χ4v) is 2.74. The summed E-state index contributed by atoms with van der Waals surface area (Å²) < 4.78 is 8.87. The molecule has 0 N–H and O–H groups in total. The zero-order valence-corrected chi connectivity index (χ0v) is 13.0. The molecule has 3 aromatic rings. The Morgan fingerprint density at radius 2 is 2.17 bits per heavy atom. The van der Waals surface area contributed by atoms with E-state index in [0.29, 0.717) is 18.8 Å². The monoisotopic (exact) mass is 310 g/mol. The summed E-state index contributed by atoms with van der Waals surface area (Å²) in [4.78, 5) is 20.3. The summed E-state index contributed by atoms with van der Waals surface area (Å²) in [5, 5.41) is 0. The number of nitrogens with zero attached hydrogens (tertiary/aromatic N) is 4. The predicted octanol–water partition coefficient (Wildman–Crippen LogP) is 2.63. The minimum atomic E-state index is -0.393. The third-order valence-corrected chi connectivity index (χ3v) is 4.03. The third kappa shape index (κ3) is 2.84. The number of fused-ring (bicyclic) bond motifs is 1. The lowest BCUT2D eigenvalue weighted by atomic mass is 10.2. The first-order valence-electron chi connectivity index (χ1n) is 7.89. The highest BCUT2D eigenvalue weighted by Gasteiger charge is 2.23. The Kier molecular flexibility index (Phi) is 3.37. The number of hydrogen-bond acceptors (Lipinski definition) is 4. The van der Waals surface area contributed by atoms with Gasteiger partial charge in [-0.05, 0) is 37.3 Å². The van der Waals surface area contributed by atoms with Gasteiger partial charge in [-0.3, -0.25) is 0 Å². The van der Waals surface area contributed by atoms with Crippen molar-refractivity contribution in [1.29, 1.82) is 0 Å². The topological polar surface area (TPSA) is 61.4 Å². The van der Waals surface area contributed by atoms with Crippen molar-refractivity contribution in [2.45, 2.75) is 32.2 Å². The van der Waals surface area contributed by atoms with E-state index in [1.165, 1.54) is 18.4 Å². The average Bonchev–Trinajstić information content (AvgIpc) is 3.15. The molecule has 6 heteroatoms.